The number of aromatic nitrogens is 1. The number of hydrogen-bond acceptors (Lipinski definition) is 4. The largest absolute Gasteiger partial charge is 0.511 e. The summed E-state index contributed by atoms with van der Waals surface area (Å²) in [6.45, 7) is 0.365. The number of pyridine rings is 1. The van der Waals surface area contributed by atoms with Crippen molar-refractivity contribution in [3.8, 4) is 0 Å². The zero-order valence-corrected chi connectivity index (χ0v) is 12.0. The molecule has 1 aliphatic rings. The van der Waals surface area contributed by atoms with Gasteiger partial charge in [0.25, 0.3) is 0 Å². The molecule has 2 heterocycles. The van der Waals surface area contributed by atoms with Crippen molar-refractivity contribution in [2.24, 2.45) is 5.92 Å². The Hall–Kier alpha value is -1.35. The van der Waals surface area contributed by atoms with Crippen molar-refractivity contribution in [1.29, 1.82) is 0 Å². The normalized spacial score (nSPS) is 18.6. The number of piperidine rings is 1. The maximum absolute atomic E-state index is 12.4. The summed E-state index contributed by atoms with van der Waals surface area (Å²) in [6, 6.07) is 5.41. The predicted molar refractivity (Wildman–Crippen MR) is 72.0 cm³/mol. The minimum absolute atomic E-state index is 0.101. The second-order valence-electron chi connectivity index (χ2n) is 4.89. The van der Waals surface area contributed by atoms with Gasteiger partial charge in [-0.05, 0) is 30.9 Å². The molecule has 0 aromatic carbocycles. The molecule has 1 saturated heterocycles. The fourth-order valence-electron chi connectivity index (χ4n) is 2.22. The Labute approximate surface area is 121 Å². The van der Waals surface area contributed by atoms with E-state index in [9.17, 15) is 21.6 Å². The zero-order chi connectivity index (χ0) is 15.5. The van der Waals surface area contributed by atoms with Crippen molar-refractivity contribution >= 4 is 15.8 Å². The van der Waals surface area contributed by atoms with Crippen molar-refractivity contribution in [2.75, 3.05) is 25.0 Å². The molecule has 21 heavy (non-hydrogen) atoms. The minimum Gasteiger partial charge on any atom is -0.370 e. The quantitative estimate of drug-likeness (QED) is 0.921. The monoisotopic (exact) mass is 323 g/mol. The van der Waals surface area contributed by atoms with Crippen molar-refractivity contribution in [2.45, 2.75) is 18.3 Å². The van der Waals surface area contributed by atoms with Gasteiger partial charge in [-0.3, -0.25) is 0 Å². The van der Waals surface area contributed by atoms with E-state index in [0.717, 1.165) is 0 Å². The van der Waals surface area contributed by atoms with Gasteiger partial charge in [-0.15, -0.1) is 0 Å². The first-order valence-electron chi connectivity index (χ1n) is 6.52. The number of anilines is 1. The second-order valence-corrected chi connectivity index (χ2v) is 6.82. The number of halogens is 3. The van der Waals surface area contributed by atoms with E-state index in [-0.39, 0.29) is 19.0 Å². The first-order chi connectivity index (χ1) is 9.80. The van der Waals surface area contributed by atoms with Crippen LogP contribution in [-0.4, -0.2) is 42.8 Å². The first kappa shape index (κ1) is 16.0. The molecule has 0 atom stereocenters. The highest BCUT2D eigenvalue weighted by molar-refractivity contribution is 7.90. The Morgan fingerprint density at radius 2 is 1.95 bits per heavy atom. The molecule has 1 aliphatic heterocycles. The van der Waals surface area contributed by atoms with Crippen molar-refractivity contribution in [3.63, 3.8) is 0 Å². The Balaban J connectivity index is 1.84. The van der Waals surface area contributed by atoms with Crippen molar-refractivity contribution in [1.82, 2.24) is 9.29 Å². The highest BCUT2D eigenvalue weighted by Gasteiger charge is 2.50. The Kier molecular flexibility index (Phi) is 4.72. The topological polar surface area (TPSA) is 62.3 Å². The van der Waals surface area contributed by atoms with Crippen LogP contribution in [0.25, 0.3) is 0 Å². The summed E-state index contributed by atoms with van der Waals surface area (Å²) in [6.07, 6.45) is 2.44. The molecule has 9 heteroatoms. The van der Waals surface area contributed by atoms with Crippen LogP contribution in [0.1, 0.15) is 12.8 Å². The number of nitrogens with one attached hydrogen (secondary N) is 1. The van der Waals surface area contributed by atoms with Crippen LogP contribution in [0.4, 0.5) is 19.0 Å². The lowest BCUT2D eigenvalue weighted by molar-refractivity contribution is -0.0496. The number of alkyl halides is 3. The summed E-state index contributed by atoms with van der Waals surface area (Å²) in [4.78, 5) is 4.08. The zero-order valence-electron chi connectivity index (χ0n) is 11.2. The van der Waals surface area contributed by atoms with Crippen LogP contribution in [0.5, 0.6) is 0 Å². The summed E-state index contributed by atoms with van der Waals surface area (Å²) < 4.78 is 60.4. The summed E-state index contributed by atoms with van der Waals surface area (Å²) in [7, 11) is -5.19. The Morgan fingerprint density at radius 1 is 1.29 bits per heavy atom. The molecule has 1 aromatic heterocycles. The fraction of sp³-hybridized carbons (Fsp3) is 0.583. The van der Waals surface area contributed by atoms with Gasteiger partial charge in [0.1, 0.15) is 5.82 Å². The molecule has 1 N–H and O–H groups in total. The molecule has 1 aromatic rings. The first-order valence-corrected chi connectivity index (χ1v) is 7.96. The SMILES string of the molecule is O=S(=O)(N1CCC(CNc2ccccn2)CC1)C(F)(F)F. The Morgan fingerprint density at radius 3 is 2.48 bits per heavy atom. The molecule has 0 saturated carbocycles. The van der Waals surface area contributed by atoms with E-state index >= 15 is 0 Å². The van der Waals surface area contributed by atoms with Gasteiger partial charge in [-0.25, -0.2) is 13.4 Å². The van der Waals surface area contributed by atoms with E-state index in [0.29, 0.717) is 29.5 Å². The number of sulfonamides is 1. The van der Waals surface area contributed by atoms with Crippen LogP contribution in [0.2, 0.25) is 0 Å². The Bertz CT molecular complexity index is 555. The third-order valence-corrected chi connectivity index (χ3v) is 5.07. The standard InChI is InChI=1S/C12H16F3N3O2S/c13-12(14,15)21(19,20)18-7-4-10(5-8-18)9-17-11-3-1-2-6-16-11/h1-3,6,10H,4-5,7-9H2,(H,16,17). The third-order valence-electron chi connectivity index (χ3n) is 3.44. The number of nitrogens with zero attached hydrogens (tertiary/aromatic N) is 2. The van der Waals surface area contributed by atoms with E-state index in [4.69, 9.17) is 0 Å². The molecule has 0 spiro atoms. The van der Waals surface area contributed by atoms with Crippen molar-refractivity contribution in [3.05, 3.63) is 24.4 Å². The number of hydrogen-bond donors (Lipinski definition) is 1. The highest BCUT2D eigenvalue weighted by atomic mass is 32.2. The van der Waals surface area contributed by atoms with Gasteiger partial charge in [-0.2, -0.15) is 17.5 Å². The summed E-state index contributed by atoms with van der Waals surface area (Å²) >= 11 is 0. The van der Waals surface area contributed by atoms with E-state index in [2.05, 4.69) is 10.3 Å². The molecule has 2 rings (SSSR count). The van der Waals surface area contributed by atoms with E-state index in [1.54, 1.807) is 18.3 Å². The van der Waals surface area contributed by atoms with Gasteiger partial charge in [-0.1, -0.05) is 6.07 Å². The molecule has 1 fully saturated rings. The average Bonchev–Trinajstić information content (AvgIpc) is 2.45. The molecular weight excluding hydrogens is 307 g/mol. The molecule has 0 bridgehead atoms. The van der Waals surface area contributed by atoms with Crippen LogP contribution >= 0.6 is 0 Å². The molecule has 118 valence electrons. The van der Waals surface area contributed by atoms with Gasteiger partial charge < -0.3 is 5.32 Å². The molecular formula is C12H16F3N3O2S. The summed E-state index contributed by atoms with van der Waals surface area (Å²) in [5, 5.41) is 3.10. The van der Waals surface area contributed by atoms with Gasteiger partial charge in [0.2, 0.25) is 0 Å². The molecule has 0 amide bonds. The minimum atomic E-state index is -5.22. The fourth-order valence-corrected chi connectivity index (χ4v) is 3.20. The van der Waals surface area contributed by atoms with Crippen LogP contribution in [-0.2, 0) is 10.0 Å². The van der Waals surface area contributed by atoms with E-state index in [1.807, 2.05) is 6.07 Å². The van der Waals surface area contributed by atoms with Crippen LogP contribution < -0.4 is 5.32 Å². The second kappa shape index (κ2) is 6.18. The lowest BCUT2D eigenvalue weighted by Gasteiger charge is -2.31. The molecule has 5 nitrogen and oxygen atoms in total. The van der Waals surface area contributed by atoms with Crippen LogP contribution in [0.3, 0.4) is 0 Å². The van der Waals surface area contributed by atoms with Gasteiger partial charge in [0.05, 0.1) is 0 Å². The van der Waals surface area contributed by atoms with Crippen LogP contribution in [0, 0.1) is 5.92 Å². The smallest absolute Gasteiger partial charge is 0.370 e. The molecule has 0 aliphatic carbocycles. The highest BCUT2D eigenvalue weighted by Crippen LogP contribution is 2.30. The summed E-state index contributed by atoms with van der Waals surface area (Å²) in [5.74, 6) is 0.828. The predicted octanol–water partition coefficient (Wildman–Crippen LogP) is 2.06. The average molecular weight is 323 g/mol. The van der Waals surface area contributed by atoms with E-state index < -0.39 is 15.5 Å². The maximum atomic E-state index is 12.4. The summed E-state index contributed by atoms with van der Waals surface area (Å²) in [5.41, 5.74) is -5.22. The lowest BCUT2D eigenvalue weighted by Crippen LogP contribution is -2.45. The maximum Gasteiger partial charge on any atom is 0.511 e. The van der Waals surface area contributed by atoms with Crippen molar-refractivity contribution < 1.29 is 21.6 Å². The molecule has 0 unspecified atom stereocenters. The molecule has 0 radical (unpaired) electrons. The van der Waals surface area contributed by atoms with Gasteiger partial charge >= 0.3 is 15.5 Å². The van der Waals surface area contributed by atoms with Gasteiger partial charge in [0.15, 0.2) is 0 Å². The third kappa shape index (κ3) is 3.85. The lowest BCUT2D eigenvalue weighted by atomic mass is 9.98. The van der Waals surface area contributed by atoms with Gasteiger partial charge in [0, 0.05) is 25.8 Å². The van der Waals surface area contributed by atoms with Crippen LogP contribution in [0.15, 0.2) is 24.4 Å². The number of rotatable bonds is 4. The van der Waals surface area contributed by atoms with E-state index in [1.165, 1.54) is 0 Å².